The predicted molar refractivity (Wildman–Crippen MR) is 95.9 cm³/mol. The monoisotopic (exact) mass is 340 g/mol. The number of aryl methyl sites for hydroxylation is 2. The average Bonchev–Trinajstić information content (AvgIpc) is 2.56. The molecule has 0 fully saturated rings. The van der Waals surface area contributed by atoms with Crippen LogP contribution >= 0.6 is 0 Å². The third kappa shape index (κ3) is 4.50. The number of hydrogen-bond acceptors (Lipinski definition) is 4. The number of nitrogens with one attached hydrogen (secondary N) is 1. The van der Waals surface area contributed by atoms with Crippen molar-refractivity contribution >= 4 is 23.1 Å². The van der Waals surface area contributed by atoms with Gasteiger partial charge in [-0.15, -0.1) is 0 Å². The highest BCUT2D eigenvalue weighted by molar-refractivity contribution is 6.00. The van der Waals surface area contributed by atoms with Crippen molar-refractivity contribution in [1.82, 2.24) is 0 Å². The number of Topliss-reactive ketones (excluding diaryl/α,β-unsaturated/α-hetero) is 1. The molecule has 0 bridgehead atoms. The molecule has 0 spiro atoms. The van der Waals surface area contributed by atoms with Crippen LogP contribution in [0.2, 0.25) is 0 Å². The Kier molecular flexibility index (Phi) is 5.64. The second-order valence-electron chi connectivity index (χ2n) is 5.98. The number of benzene rings is 2. The summed E-state index contributed by atoms with van der Waals surface area (Å²) in [5.74, 6) is -0.449. The van der Waals surface area contributed by atoms with Gasteiger partial charge in [0.2, 0.25) is 5.91 Å². The molecule has 6 heteroatoms. The second-order valence-corrected chi connectivity index (χ2v) is 5.98. The molecule has 2 aromatic carbocycles. The third-order valence-corrected chi connectivity index (χ3v) is 4.18. The van der Waals surface area contributed by atoms with Gasteiger partial charge < -0.3 is 5.32 Å². The predicted octanol–water partition coefficient (Wildman–Crippen LogP) is 4.12. The first-order valence-corrected chi connectivity index (χ1v) is 7.94. The molecule has 0 saturated carbocycles. The Bertz CT molecular complexity index is 843. The molecule has 2 rings (SSSR count). The van der Waals surface area contributed by atoms with Gasteiger partial charge in [-0.1, -0.05) is 18.2 Å². The standard InChI is InChI=1S/C19H20N2O4/c1-12-7-8-15(11-13(12)2)18(22)9-10-19(23)20-16-5-4-6-17(14(16)3)21(24)25/h4-8,11H,9-10H2,1-3H3,(H,20,23). The summed E-state index contributed by atoms with van der Waals surface area (Å²) in [7, 11) is 0. The van der Waals surface area contributed by atoms with Crippen LogP contribution in [-0.2, 0) is 4.79 Å². The first-order chi connectivity index (χ1) is 11.8. The summed E-state index contributed by atoms with van der Waals surface area (Å²) in [5, 5.41) is 13.6. The molecule has 25 heavy (non-hydrogen) atoms. The quantitative estimate of drug-likeness (QED) is 0.486. The molecular formula is C19H20N2O4. The molecule has 0 radical (unpaired) electrons. The molecule has 2 aromatic rings. The zero-order chi connectivity index (χ0) is 18.6. The Hall–Kier alpha value is -3.02. The first-order valence-electron chi connectivity index (χ1n) is 7.94. The van der Waals surface area contributed by atoms with Crippen molar-refractivity contribution in [3.05, 3.63) is 68.8 Å². The van der Waals surface area contributed by atoms with E-state index >= 15 is 0 Å². The molecule has 1 amide bonds. The van der Waals surface area contributed by atoms with Gasteiger partial charge in [0.1, 0.15) is 0 Å². The van der Waals surface area contributed by atoms with Crippen LogP contribution in [0.15, 0.2) is 36.4 Å². The fourth-order valence-corrected chi connectivity index (χ4v) is 2.46. The van der Waals surface area contributed by atoms with Crippen molar-refractivity contribution in [3.63, 3.8) is 0 Å². The van der Waals surface area contributed by atoms with Gasteiger partial charge in [0.05, 0.1) is 16.2 Å². The van der Waals surface area contributed by atoms with E-state index in [0.717, 1.165) is 11.1 Å². The van der Waals surface area contributed by atoms with Crippen LogP contribution in [0.5, 0.6) is 0 Å². The zero-order valence-electron chi connectivity index (χ0n) is 14.5. The van der Waals surface area contributed by atoms with Crippen molar-refractivity contribution in [2.24, 2.45) is 0 Å². The van der Waals surface area contributed by atoms with Gasteiger partial charge in [0.25, 0.3) is 5.69 Å². The molecular weight excluding hydrogens is 320 g/mol. The van der Waals surface area contributed by atoms with Gasteiger partial charge in [0, 0.05) is 24.5 Å². The highest BCUT2D eigenvalue weighted by Gasteiger charge is 2.15. The number of rotatable bonds is 6. The molecule has 0 aliphatic rings. The van der Waals surface area contributed by atoms with Crippen LogP contribution in [0.1, 0.15) is 39.9 Å². The lowest BCUT2D eigenvalue weighted by Gasteiger charge is -2.09. The van der Waals surface area contributed by atoms with Crippen LogP contribution in [-0.4, -0.2) is 16.6 Å². The van der Waals surface area contributed by atoms with Gasteiger partial charge in [-0.3, -0.25) is 19.7 Å². The van der Waals surface area contributed by atoms with Gasteiger partial charge >= 0.3 is 0 Å². The van der Waals surface area contributed by atoms with E-state index in [1.54, 1.807) is 19.1 Å². The van der Waals surface area contributed by atoms with Crippen LogP contribution < -0.4 is 5.32 Å². The number of ketones is 1. The summed E-state index contributed by atoms with van der Waals surface area (Å²) >= 11 is 0. The molecule has 0 aliphatic heterocycles. The molecule has 0 aromatic heterocycles. The summed E-state index contributed by atoms with van der Waals surface area (Å²) in [6.45, 7) is 5.48. The highest BCUT2D eigenvalue weighted by atomic mass is 16.6. The zero-order valence-corrected chi connectivity index (χ0v) is 14.5. The number of nitrogens with zero attached hydrogens (tertiary/aromatic N) is 1. The summed E-state index contributed by atoms with van der Waals surface area (Å²) in [4.78, 5) is 34.7. The fraction of sp³-hybridized carbons (Fsp3) is 0.263. The lowest BCUT2D eigenvalue weighted by atomic mass is 10.0. The number of nitro benzene ring substituents is 1. The Morgan fingerprint density at radius 3 is 2.40 bits per heavy atom. The van der Waals surface area contributed by atoms with E-state index in [1.807, 2.05) is 26.0 Å². The van der Waals surface area contributed by atoms with Crippen molar-refractivity contribution in [2.45, 2.75) is 33.6 Å². The van der Waals surface area contributed by atoms with Crippen LogP contribution in [0.3, 0.4) is 0 Å². The summed E-state index contributed by atoms with van der Waals surface area (Å²) in [5.41, 5.74) is 3.45. The van der Waals surface area contributed by atoms with E-state index in [1.165, 1.54) is 12.1 Å². The van der Waals surface area contributed by atoms with Gasteiger partial charge in [0.15, 0.2) is 5.78 Å². The largest absolute Gasteiger partial charge is 0.326 e. The maximum atomic E-state index is 12.2. The van der Waals surface area contributed by atoms with E-state index in [9.17, 15) is 19.7 Å². The molecule has 0 aliphatic carbocycles. The highest BCUT2D eigenvalue weighted by Crippen LogP contribution is 2.25. The van der Waals surface area contributed by atoms with Crippen molar-refractivity contribution in [2.75, 3.05) is 5.32 Å². The molecule has 0 saturated heterocycles. The Morgan fingerprint density at radius 2 is 1.76 bits per heavy atom. The van der Waals surface area contributed by atoms with Crippen molar-refractivity contribution in [3.8, 4) is 0 Å². The average molecular weight is 340 g/mol. The number of anilines is 1. The maximum absolute atomic E-state index is 12.2. The first kappa shape index (κ1) is 18.3. The summed E-state index contributed by atoms with van der Waals surface area (Å²) < 4.78 is 0. The molecule has 0 unspecified atom stereocenters. The number of carbonyl (C=O) groups is 2. The van der Waals surface area contributed by atoms with Crippen LogP contribution in [0, 0.1) is 30.9 Å². The smallest absolute Gasteiger partial charge is 0.274 e. The normalized spacial score (nSPS) is 10.4. The SMILES string of the molecule is Cc1ccc(C(=O)CCC(=O)Nc2cccc([N+](=O)[O-])c2C)cc1C. The van der Waals surface area contributed by atoms with Gasteiger partial charge in [-0.05, 0) is 44.0 Å². The van der Waals surface area contributed by atoms with Crippen LogP contribution in [0.25, 0.3) is 0 Å². The topological polar surface area (TPSA) is 89.3 Å². The Balaban J connectivity index is 1.99. The minimum absolute atomic E-state index is 0.0217. The third-order valence-electron chi connectivity index (χ3n) is 4.18. The van der Waals surface area contributed by atoms with Crippen molar-refractivity contribution < 1.29 is 14.5 Å². The van der Waals surface area contributed by atoms with E-state index in [0.29, 0.717) is 16.8 Å². The van der Waals surface area contributed by atoms with E-state index in [-0.39, 0.29) is 30.2 Å². The molecule has 130 valence electrons. The minimum Gasteiger partial charge on any atom is -0.326 e. The summed E-state index contributed by atoms with van der Waals surface area (Å²) in [6.07, 6.45) is 0.107. The van der Waals surface area contributed by atoms with Gasteiger partial charge in [-0.25, -0.2) is 0 Å². The fourth-order valence-electron chi connectivity index (χ4n) is 2.46. The number of hydrogen-bond donors (Lipinski definition) is 1. The Morgan fingerprint density at radius 1 is 1.04 bits per heavy atom. The van der Waals surface area contributed by atoms with E-state index in [4.69, 9.17) is 0 Å². The second kappa shape index (κ2) is 7.70. The molecule has 0 atom stereocenters. The number of amides is 1. The molecule has 6 nitrogen and oxygen atoms in total. The van der Waals surface area contributed by atoms with E-state index in [2.05, 4.69) is 5.32 Å². The van der Waals surface area contributed by atoms with Gasteiger partial charge in [-0.2, -0.15) is 0 Å². The minimum atomic E-state index is -0.492. The molecule has 0 heterocycles. The lowest BCUT2D eigenvalue weighted by molar-refractivity contribution is -0.385. The summed E-state index contributed by atoms with van der Waals surface area (Å²) in [6, 6.07) is 9.96. The maximum Gasteiger partial charge on any atom is 0.274 e. The lowest BCUT2D eigenvalue weighted by Crippen LogP contribution is -2.14. The molecule has 1 N–H and O–H groups in total. The van der Waals surface area contributed by atoms with Crippen LogP contribution in [0.4, 0.5) is 11.4 Å². The number of nitro groups is 1. The van der Waals surface area contributed by atoms with E-state index < -0.39 is 4.92 Å². The Labute approximate surface area is 146 Å². The van der Waals surface area contributed by atoms with Crippen molar-refractivity contribution in [1.29, 1.82) is 0 Å². The number of carbonyl (C=O) groups excluding carboxylic acids is 2.